The molecule has 4 N–H and O–H groups in total. The van der Waals surface area contributed by atoms with Gasteiger partial charge < -0.3 is 11.1 Å². The summed E-state index contributed by atoms with van der Waals surface area (Å²) in [6, 6.07) is 4.32. The Hall–Kier alpha value is -2.03. The van der Waals surface area contributed by atoms with Crippen LogP contribution in [-0.2, 0) is 10.0 Å². The van der Waals surface area contributed by atoms with E-state index in [1.54, 1.807) is 0 Å². The summed E-state index contributed by atoms with van der Waals surface area (Å²) in [6.07, 6.45) is 4.15. The topological polar surface area (TPSA) is 110 Å². The van der Waals surface area contributed by atoms with Gasteiger partial charge in [0, 0.05) is 27.8 Å². The Labute approximate surface area is 145 Å². The predicted octanol–water partition coefficient (Wildman–Crippen LogP) is 0.817. The second-order valence-corrected chi connectivity index (χ2v) is 8.09. The van der Waals surface area contributed by atoms with Gasteiger partial charge in [-0.25, -0.2) is 18.1 Å². The lowest BCUT2D eigenvalue weighted by atomic mass is 9.79. The number of nitrogens with two attached hydrogens (primary N) is 1. The number of hydrogen-bond acceptors (Lipinski definition) is 6. The Bertz CT molecular complexity index is 981. The molecule has 2 bridgehead atoms. The van der Waals surface area contributed by atoms with E-state index in [0.29, 0.717) is 12.6 Å². The lowest BCUT2D eigenvalue weighted by Gasteiger charge is -2.37. The molecule has 2 aliphatic heterocycles. The van der Waals surface area contributed by atoms with Gasteiger partial charge in [0.25, 0.3) is 0 Å². The molecule has 2 saturated heterocycles. The zero-order chi connectivity index (χ0) is 19.4. The Morgan fingerprint density at radius 1 is 1.38 bits per heavy atom. The van der Waals surface area contributed by atoms with Crippen LogP contribution in [0.5, 0.6) is 0 Å². The van der Waals surface area contributed by atoms with Gasteiger partial charge >= 0.3 is 0 Å². The molecule has 0 amide bonds. The summed E-state index contributed by atoms with van der Waals surface area (Å²) in [5.41, 5.74) is 5.54. The number of rotatable bonds is 4. The standard InChI is InChI=1S/C16H19N5O2S/c1-10-2-3-12(4-13(10)14-7-19-15(17)8-18-14)24(22,23)21-16-5-11(6-16)20-9-16/h2-4,7-8,11,20-21H,5-6,9H2,1H3,(H2,17,19)/i1D3. The summed E-state index contributed by atoms with van der Waals surface area (Å²) in [5.74, 6) is 0.187. The zero-order valence-corrected chi connectivity index (χ0v) is 13.6. The van der Waals surface area contributed by atoms with Gasteiger partial charge in [0.05, 0.1) is 23.0 Å². The van der Waals surface area contributed by atoms with Crippen molar-refractivity contribution in [2.45, 2.75) is 36.2 Å². The van der Waals surface area contributed by atoms with E-state index < -0.39 is 22.4 Å². The van der Waals surface area contributed by atoms with Gasteiger partial charge in [-0.3, -0.25) is 4.98 Å². The number of benzene rings is 1. The highest BCUT2D eigenvalue weighted by atomic mass is 32.2. The molecule has 3 aliphatic rings. The van der Waals surface area contributed by atoms with Crippen LogP contribution in [-0.4, -0.2) is 36.5 Å². The minimum atomic E-state index is -3.81. The Kier molecular flexibility index (Phi) is 2.69. The molecule has 1 aromatic carbocycles. The molecule has 7 nitrogen and oxygen atoms in total. The number of fused-ring (bicyclic) bond motifs is 1. The quantitative estimate of drug-likeness (QED) is 0.754. The Balaban J connectivity index is 1.76. The van der Waals surface area contributed by atoms with Gasteiger partial charge in [0.15, 0.2) is 0 Å². The molecule has 1 saturated carbocycles. The molecule has 3 fully saturated rings. The molecule has 126 valence electrons. The number of hydrogen-bond donors (Lipinski definition) is 3. The van der Waals surface area contributed by atoms with Crippen LogP contribution in [0.2, 0.25) is 0 Å². The molecular formula is C16H19N5O2S. The van der Waals surface area contributed by atoms with Gasteiger partial charge in [-0.05, 0) is 37.4 Å². The third-order valence-electron chi connectivity index (χ3n) is 4.60. The van der Waals surface area contributed by atoms with Gasteiger partial charge in [-0.1, -0.05) is 6.07 Å². The summed E-state index contributed by atoms with van der Waals surface area (Å²) in [4.78, 5) is 8.03. The smallest absolute Gasteiger partial charge is 0.241 e. The van der Waals surface area contributed by atoms with Crippen molar-refractivity contribution in [3.8, 4) is 11.3 Å². The number of nitrogens with one attached hydrogen (secondary N) is 2. The molecule has 0 spiro atoms. The first kappa shape index (κ1) is 12.3. The van der Waals surface area contributed by atoms with E-state index in [4.69, 9.17) is 9.85 Å². The van der Waals surface area contributed by atoms with Gasteiger partial charge in [0.2, 0.25) is 10.0 Å². The molecule has 2 aromatic rings. The van der Waals surface area contributed by atoms with Crippen molar-refractivity contribution in [1.82, 2.24) is 20.0 Å². The largest absolute Gasteiger partial charge is 0.382 e. The number of nitrogen functional groups attached to an aromatic ring is 1. The van der Waals surface area contributed by atoms with E-state index in [2.05, 4.69) is 20.0 Å². The molecule has 5 rings (SSSR count). The van der Waals surface area contributed by atoms with Crippen molar-refractivity contribution in [2.75, 3.05) is 12.3 Å². The van der Waals surface area contributed by atoms with Crippen LogP contribution in [0.25, 0.3) is 11.3 Å². The van der Waals surface area contributed by atoms with Gasteiger partial charge in [0.1, 0.15) is 5.82 Å². The molecule has 0 unspecified atom stereocenters. The van der Waals surface area contributed by atoms with Crippen LogP contribution < -0.4 is 15.8 Å². The molecule has 0 atom stereocenters. The average molecular weight is 348 g/mol. The van der Waals surface area contributed by atoms with E-state index in [0.717, 1.165) is 12.8 Å². The van der Waals surface area contributed by atoms with Crippen LogP contribution in [0.15, 0.2) is 35.5 Å². The highest BCUT2D eigenvalue weighted by Gasteiger charge is 2.52. The number of aryl methyl sites for hydroxylation is 1. The monoisotopic (exact) mass is 348 g/mol. The fourth-order valence-corrected chi connectivity index (χ4v) is 4.80. The van der Waals surface area contributed by atoms with Crippen LogP contribution >= 0.6 is 0 Å². The lowest BCUT2D eigenvalue weighted by molar-refractivity contribution is 0.279. The van der Waals surface area contributed by atoms with Crippen LogP contribution in [0.4, 0.5) is 5.82 Å². The maximum absolute atomic E-state index is 12.9. The molecule has 0 radical (unpaired) electrons. The highest BCUT2D eigenvalue weighted by molar-refractivity contribution is 7.89. The first-order valence-electron chi connectivity index (χ1n) is 9.08. The van der Waals surface area contributed by atoms with Gasteiger partial charge in [-0.15, -0.1) is 0 Å². The first-order valence-corrected chi connectivity index (χ1v) is 9.06. The van der Waals surface area contributed by atoms with Crippen molar-refractivity contribution in [1.29, 1.82) is 0 Å². The van der Waals surface area contributed by atoms with E-state index in [1.165, 1.54) is 30.6 Å². The van der Waals surface area contributed by atoms with Crippen LogP contribution in [0.1, 0.15) is 22.5 Å². The summed E-state index contributed by atoms with van der Waals surface area (Å²) < 4.78 is 51.7. The number of nitrogens with zero attached hydrogens (tertiary/aromatic N) is 2. The van der Waals surface area contributed by atoms with Gasteiger partial charge in [-0.2, -0.15) is 0 Å². The van der Waals surface area contributed by atoms with E-state index >= 15 is 0 Å². The molecular weight excluding hydrogens is 326 g/mol. The van der Waals surface area contributed by atoms with Crippen LogP contribution in [0, 0.1) is 6.85 Å². The zero-order valence-electron chi connectivity index (χ0n) is 15.8. The minimum absolute atomic E-state index is 0.00456. The van der Waals surface area contributed by atoms with Crippen LogP contribution in [0.3, 0.4) is 0 Å². The fraction of sp³-hybridized carbons (Fsp3) is 0.375. The minimum Gasteiger partial charge on any atom is -0.382 e. The summed E-state index contributed by atoms with van der Waals surface area (Å²) in [6.45, 7) is -1.83. The third-order valence-corrected chi connectivity index (χ3v) is 6.18. The number of anilines is 1. The normalized spacial score (nSPS) is 27.8. The van der Waals surface area contributed by atoms with Crippen molar-refractivity contribution in [3.05, 3.63) is 36.2 Å². The second kappa shape index (κ2) is 5.23. The second-order valence-electron chi connectivity index (χ2n) is 6.41. The maximum Gasteiger partial charge on any atom is 0.241 e. The van der Waals surface area contributed by atoms with E-state index in [1.807, 2.05) is 0 Å². The maximum atomic E-state index is 12.9. The summed E-state index contributed by atoms with van der Waals surface area (Å²) >= 11 is 0. The molecule has 1 aromatic heterocycles. The summed E-state index contributed by atoms with van der Waals surface area (Å²) in [7, 11) is -3.81. The molecule has 8 heteroatoms. The SMILES string of the molecule is [2H]C([2H])([2H])c1ccc(S(=O)(=O)NC23CNC(C2)C3)cc1-c1cnc(N)cn1. The average Bonchev–Trinajstić information content (AvgIpc) is 3.14. The fourth-order valence-electron chi connectivity index (χ4n) is 3.35. The summed E-state index contributed by atoms with van der Waals surface area (Å²) in [5, 5.41) is 3.25. The Morgan fingerprint density at radius 2 is 2.21 bits per heavy atom. The van der Waals surface area contributed by atoms with Crippen molar-refractivity contribution in [2.24, 2.45) is 0 Å². The highest BCUT2D eigenvalue weighted by Crippen LogP contribution is 2.39. The number of sulfonamides is 1. The third kappa shape index (κ3) is 2.56. The van der Waals surface area contributed by atoms with Crippen molar-refractivity contribution < 1.29 is 12.5 Å². The molecule has 1 aliphatic carbocycles. The van der Waals surface area contributed by atoms with Crippen molar-refractivity contribution >= 4 is 15.8 Å². The van der Waals surface area contributed by atoms with E-state index in [-0.39, 0.29) is 27.5 Å². The predicted molar refractivity (Wildman–Crippen MR) is 90.7 cm³/mol. The van der Waals surface area contributed by atoms with Crippen molar-refractivity contribution in [3.63, 3.8) is 0 Å². The molecule has 3 heterocycles. The molecule has 24 heavy (non-hydrogen) atoms. The Morgan fingerprint density at radius 3 is 2.83 bits per heavy atom. The lowest BCUT2D eigenvalue weighted by Crippen LogP contribution is -2.54. The number of aromatic nitrogens is 2. The first-order chi connectivity index (χ1) is 12.6. The van der Waals surface area contributed by atoms with E-state index in [9.17, 15) is 8.42 Å².